The summed E-state index contributed by atoms with van der Waals surface area (Å²) in [6.07, 6.45) is 7.82. The monoisotopic (exact) mass is 316 g/mol. The van der Waals surface area contributed by atoms with Crippen LogP contribution in [-0.4, -0.2) is 21.9 Å². The number of nitrogens with one attached hydrogen (secondary N) is 2. The van der Waals surface area contributed by atoms with Gasteiger partial charge in [0.25, 0.3) is 0 Å². The van der Waals surface area contributed by atoms with Crippen LogP contribution in [0.3, 0.4) is 0 Å². The average molecular weight is 316 g/mol. The number of hydrogen-bond donors (Lipinski definition) is 2. The topological polar surface area (TPSA) is 58.2 Å². The zero-order valence-corrected chi connectivity index (χ0v) is 13.6. The zero-order valence-electron chi connectivity index (χ0n) is 12.8. The second-order valence-corrected chi connectivity index (χ2v) is 6.86. The van der Waals surface area contributed by atoms with Crippen molar-refractivity contribution in [2.75, 3.05) is 5.75 Å². The molecule has 1 amide bonds. The molecular formula is C17H20N2O2S. The van der Waals surface area contributed by atoms with E-state index in [2.05, 4.69) is 22.8 Å². The lowest BCUT2D eigenvalue weighted by Crippen LogP contribution is -2.52. The second kappa shape index (κ2) is 7.39. The van der Waals surface area contributed by atoms with Crippen LogP contribution in [0.5, 0.6) is 0 Å². The fourth-order valence-corrected chi connectivity index (χ4v) is 3.50. The Morgan fingerprint density at radius 3 is 2.91 bits per heavy atom. The average Bonchev–Trinajstić information content (AvgIpc) is 2.50. The van der Waals surface area contributed by atoms with Crippen molar-refractivity contribution in [3.05, 3.63) is 35.9 Å². The van der Waals surface area contributed by atoms with Gasteiger partial charge in [-0.25, -0.2) is 5.43 Å². The minimum Gasteiger partial charge on any atom is -0.291 e. The van der Waals surface area contributed by atoms with Gasteiger partial charge in [0.2, 0.25) is 5.91 Å². The van der Waals surface area contributed by atoms with Crippen LogP contribution in [0.2, 0.25) is 0 Å². The van der Waals surface area contributed by atoms with Crippen molar-refractivity contribution in [2.24, 2.45) is 5.92 Å². The third kappa shape index (κ3) is 3.85. The van der Waals surface area contributed by atoms with E-state index in [1.165, 1.54) is 0 Å². The van der Waals surface area contributed by atoms with Crippen molar-refractivity contribution in [2.45, 2.75) is 31.2 Å². The van der Waals surface area contributed by atoms with Crippen LogP contribution in [0.25, 0.3) is 5.57 Å². The standard InChI is InChI=1S/C17H20N2O2S/c1-4-9-22(21)16-8-6-5-7-14(16)12(2)10-15-13(3)11-17(20)19-18-15/h1,5-8,10,13,15,18H,9,11H2,2-3H3,(H,19,20)/b12-10+. The Morgan fingerprint density at radius 2 is 2.23 bits per heavy atom. The molecule has 2 rings (SSSR count). The summed E-state index contributed by atoms with van der Waals surface area (Å²) < 4.78 is 12.2. The van der Waals surface area contributed by atoms with Crippen LogP contribution in [-0.2, 0) is 15.6 Å². The highest BCUT2D eigenvalue weighted by Gasteiger charge is 2.24. The molecule has 116 valence electrons. The number of hydrogen-bond acceptors (Lipinski definition) is 3. The van der Waals surface area contributed by atoms with E-state index in [0.717, 1.165) is 16.0 Å². The van der Waals surface area contributed by atoms with E-state index in [1.807, 2.05) is 38.1 Å². The molecule has 1 aliphatic heterocycles. The van der Waals surface area contributed by atoms with Crippen molar-refractivity contribution in [3.8, 4) is 12.3 Å². The molecule has 0 radical (unpaired) electrons. The maximum Gasteiger partial charge on any atom is 0.234 e. The van der Waals surface area contributed by atoms with Crippen LogP contribution < -0.4 is 10.9 Å². The van der Waals surface area contributed by atoms with Gasteiger partial charge in [-0.05, 0) is 30.0 Å². The van der Waals surface area contributed by atoms with E-state index in [9.17, 15) is 9.00 Å². The third-order valence-corrected chi connectivity index (χ3v) is 4.98. The summed E-state index contributed by atoms with van der Waals surface area (Å²) in [4.78, 5) is 12.1. The predicted molar refractivity (Wildman–Crippen MR) is 89.0 cm³/mol. The Balaban J connectivity index is 2.28. The van der Waals surface area contributed by atoms with E-state index in [4.69, 9.17) is 6.42 Å². The van der Waals surface area contributed by atoms with Crippen molar-refractivity contribution in [1.29, 1.82) is 0 Å². The molecule has 1 aromatic carbocycles. The molecule has 0 aliphatic carbocycles. The molecular weight excluding hydrogens is 296 g/mol. The van der Waals surface area contributed by atoms with Crippen molar-refractivity contribution in [1.82, 2.24) is 10.9 Å². The summed E-state index contributed by atoms with van der Waals surface area (Å²) >= 11 is 0. The van der Waals surface area contributed by atoms with Crippen molar-refractivity contribution >= 4 is 22.3 Å². The van der Waals surface area contributed by atoms with Crippen LogP contribution in [0, 0.1) is 18.3 Å². The van der Waals surface area contributed by atoms with Gasteiger partial charge in [0, 0.05) is 17.4 Å². The predicted octanol–water partition coefficient (Wildman–Crippen LogP) is 1.86. The molecule has 2 N–H and O–H groups in total. The molecule has 22 heavy (non-hydrogen) atoms. The van der Waals surface area contributed by atoms with Gasteiger partial charge < -0.3 is 0 Å². The zero-order chi connectivity index (χ0) is 16.1. The molecule has 1 fully saturated rings. The minimum absolute atomic E-state index is 0.00493. The largest absolute Gasteiger partial charge is 0.291 e. The van der Waals surface area contributed by atoms with Gasteiger partial charge in [0.15, 0.2) is 0 Å². The van der Waals surface area contributed by atoms with Gasteiger partial charge >= 0.3 is 0 Å². The molecule has 0 aromatic heterocycles. The van der Waals surface area contributed by atoms with E-state index in [1.54, 1.807) is 0 Å². The Kier molecular flexibility index (Phi) is 5.53. The SMILES string of the molecule is C#CCS(=O)c1ccccc1/C(C)=C/C1NNC(=O)CC1C. The molecule has 5 heteroatoms. The van der Waals surface area contributed by atoms with E-state index < -0.39 is 10.8 Å². The van der Waals surface area contributed by atoms with Gasteiger partial charge in [-0.1, -0.05) is 37.1 Å². The van der Waals surface area contributed by atoms with Gasteiger partial charge in [-0.2, -0.15) is 0 Å². The number of amides is 1. The summed E-state index contributed by atoms with van der Waals surface area (Å²) in [6, 6.07) is 7.62. The first-order chi connectivity index (χ1) is 10.5. The first kappa shape index (κ1) is 16.5. The highest BCUT2D eigenvalue weighted by Crippen LogP contribution is 2.24. The van der Waals surface area contributed by atoms with Crippen LogP contribution in [0.4, 0.5) is 0 Å². The maximum atomic E-state index is 12.2. The highest BCUT2D eigenvalue weighted by atomic mass is 32.2. The van der Waals surface area contributed by atoms with Crippen LogP contribution in [0.15, 0.2) is 35.2 Å². The number of carbonyl (C=O) groups is 1. The van der Waals surface area contributed by atoms with E-state index in [0.29, 0.717) is 6.42 Å². The Labute approximate surface area is 133 Å². The van der Waals surface area contributed by atoms with Gasteiger partial charge in [0.05, 0.1) is 16.6 Å². The Morgan fingerprint density at radius 1 is 1.50 bits per heavy atom. The van der Waals surface area contributed by atoms with Crippen molar-refractivity contribution in [3.63, 3.8) is 0 Å². The van der Waals surface area contributed by atoms with Gasteiger partial charge in [-0.15, -0.1) is 6.42 Å². The molecule has 4 nitrogen and oxygen atoms in total. The lowest BCUT2D eigenvalue weighted by atomic mass is 9.93. The molecule has 3 atom stereocenters. The Bertz CT molecular complexity index is 661. The fraction of sp³-hybridized carbons (Fsp3) is 0.353. The molecule has 3 unspecified atom stereocenters. The molecule has 1 aliphatic rings. The lowest BCUT2D eigenvalue weighted by molar-refractivity contribution is -0.125. The van der Waals surface area contributed by atoms with E-state index >= 15 is 0 Å². The second-order valence-electron chi connectivity index (χ2n) is 5.44. The maximum absolute atomic E-state index is 12.2. The number of benzene rings is 1. The first-order valence-electron chi connectivity index (χ1n) is 7.17. The van der Waals surface area contributed by atoms with Gasteiger partial charge in [0.1, 0.15) is 0 Å². The summed E-state index contributed by atoms with van der Waals surface area (Å²) in [5, 5.41) is 0. The summed E-state index contributed by atoms with van der Waals surface area (Å²) in [5.41, 5.74) is 7.61. The summed E-state index contributed by atoms with van der Waals surface area (Å²) in [6.45, 7) is 4.01. The molecule has 1 aromatic rings. The minimum atomic E-state index is -1.20. The van der Waals surface area contributed by atoms with E-state index in [-0.39, 0.29) is 23.6 Å². The molecule has 0 saturated carbocycles. The smallest absolute Gasteiger partial charge is 0.234 e. The van der Waals surface area contributed by atoms with Crippen LogP contribution >= 0.6 is 0 Å². The lowest BCUT2D eigenvalue weighted by Gasteiger charge is -2.28. The summed E-state index contributed by atoms with van der Waals surface area (Å²) in [7, 11) is -1.20. The molecule has 1 saturated heterocycles. The first-order valence-corrected chi connectivity index (χ1v) is 8.49. The summed E-state index contributed by atoms with van der Waals surface area (Å²) in [5.74, 6) is 2.86. The van der Waals surface area contributed by atoms with Crippen LogP contribution in [0.1, 0.15) is 25.8 Å². The number of hydrazine groups is 1. The number of carbonyl (C=O) groups excluding carboxylic acids is 1. The third-order valence-electron chi connectivity index (χ3n) is 3.70. The van der Waals surface area contributed by atoms with Crippen molar-refractivity contribution < 1.29 is 9.00 Å². The Hall–Kier alpha value is -1.90. The number of allylic oxidation sites excluding steroid dienone is 1. The normalized spacial score (nSPS) is 23.5. The highest BCUT2D eigenvalue weighted by molar-refractivity contribution is 7.85. The molecule has 0 bridgehead atoms. The number of terminal acetylenes is 1. The molecule has 0 spiro atoms. The number of rotatable bonds is 4. The quantitative estimate of drug-likeness (QED) is 0.834. The molecule has 1 heterocycles. The fourth-order valence-electron chi connectivity index (χ4n) is 2.49. The van der Waals surface area contributed by atoms with Gasteiger partial charge in [-0.3, -0.25) is 14.4 Å².